The van der Waals surface area contributed by atoms with E-state index in [1.807, 2.05) is 0 Å². The Hall–Kier alpha value is -1.79. The molecule has 0 saturated heterocycles. The zero-order chi connectivity index (χ0) is 14.7. The molecule has 0 amide bonds. The number of carboxylic acids is 1. The summed E-state index contributed by atoms with van der Waals surface area (Å²) in [6.07, 6.45) is 1.44. The third-order valence-corrected chi connectivity index (χ3v) is 4.89. The number of nitrogens with two attached hydrogens (primary N) is 1. The van der Waals surface area contributed by atoms with Crippen molar-refractivity contribution in [3.05, 3.63) is 44.2 Å². The molecule has 1 aromatic carbocycles. The number of fused-ring (bicyclic) bond motifs is 1. The van der Waals surface area contributed by atoms with Crippen LogP contribution in [0.2, 0.25) is 0 Å². The molecule has 3 N–H and O–H groups in total. The molecule has 0 radical (unpaired) electrons. The van der Waals surface area contributed by atoms with Crippen LogP contribution in [-0.4, -0.2) is 11.1 Å². The molecule has 0 bridgehead atoms. The summed E-state index contributed by atoms with van der Waals surface area (Å²) >= 11 is 1.14. The van der Waals surface area contributed by atoms with Crippen molar-refractivity contribution in [2.24, 2.45) is 5.73 Å². The molecular weight excluding hydrogens is 281 g/mol. The Morgan fingerprint density at radius 3 is 2.70 bits per heavy atom. The molecule has 0 aliphatic heterocycles. The summed E-state index contributed by atoms with van der Waals surface area (Å²) in [6, 6.07) is 1.12. The zero-order valence-electron chi connectivity index (χ0n) is 10.7. The molecule has 1 fully saturated rings. The fourth-order valence-corrected chi connectivity index (χ4v) is 3.54. The van der Waals surface area contributed by atoms with Gasteiger partial charge in [-0.1, -0.05) is 0 Å². The number of hydrogen-bond donors (Lipinski definition) is 2. The summed E-state index contributed by atoms with van der Waals surface area (Å²) in [5.74, 6) is -1.82. The Morgan fingerprint density at radius 2 is 2.15 bits per heavy atom. The fourth-order valence-electron chi connectivity index (χ4n) is 2.54. The molecular formula is C14H12FNO3S. The molecule has 4 nitrogen and oxygen atoms in total. The highest BCUT2D eigenvalue weighted by Gasteiger charge is 2.43. The number of aromatic carboxylic acids is 1. The summed E-state index contributed by atoms with van der Waals surface area (Å²) < 4.78 is 14.9. The van der Waals surface area contributed by atoms with Crippen LogP contribution in [0.1, 0.15) is 34.3 Å². The van der Waals surface area contributed by atoms with E-state index in [1.54, 1.807) is 6.92 Å². The summed E-state index contributed by atoms with van der Waals surface area (Å²) in [6.45, 7) is 1.73. The highest BCUT2D eigenvalue weighted by Crippen LogP contribution is 2.46. The molecule has 0 atom stereocenters. The van der Waals surface area contributed by atoms with Crippen LogP contribution in [0.15, 0.2) is 16.2 Å². The predicted molar refractivity (Wildman–Crippen MR) is 74.8 cm³/mol. The standard InChI is InChI=1S/C14H12FNO3S/c1-6-10(14(16)2-3-14)9(15)4-7-11(17)8(13(18)19)5-20-12(6)7/h4-5H,2-3,16H2,1H3,(H,18,19). The highest BCUT2D eigenvalue weighted by molar-refractivity contribution is 7.17. The van der Waals surface area contributed by atoms with Gasteiger partial charge in [0.1, 0.15) is 11.4 Å². The van der Waals surface area contributed by atoms with E-state index in [9.17, 15) is 14.0 Å². The van der Waals surface area contributed by atoms with Gasteiger partial charge in [0.2, 0.25) is 5.43 Å². The van der Waals surface area contributed by atoms with Gasteiger partial charge in [0.15, 0.2) is 0 Å². The van der Waals surface area contributed by atoms with Gasteiger partial charge >= 0.3 is 5.97 Å². The third-order valence-electron chi connectivity index (χ3n) is 3.77. The average molecular weight is 293 g/mol. The van der Waals surface area contributed by atoms with Crippen LogP contribution < -0.4 is 11.2 Å². The van der Waals surface area contributed by atoms with E-state index >= 15 is 0 Å². The Labute approximate surface area is 117 Å². The van der Waals surface area contributed by atoms with Gasteiger partial charge in [-0.25, -0.2) is 9.18 Å². The molecule has 2 aromatic rings. The summed E-state index contributed by atoms with van der Waals surface area (Å²) in [7, 11) is 0. The third kappa shape index (κ3) is 1.76. The van der Waals surface area contributed by atoms with E-state index in [0.717, 1.165) is 30.2 Å². The average Bonchev–Trinajstić information content (AvgIpc) is 3.09. The van der Waals surface area contributed by atoms with E-state index in [4.69, 9.17) is 10.8 Å². The molecule has 1 saturated carbocycles. The first-order valence-electron chi connectivity index (χ1n) is 6.12. The Balaban J connectivity index is 2.39. The lowest BCUT2D eigenvalue weighted by Gasteiger charge is -2.15. The molecule has 3 rings (SSSR count). The van der Waals surface area contributed by atoms with E-state index in [2.05, 4.69) is 0 Å². The maximum absolute atomic E-state index is 14.3. The zero-order valence-corrected chi connectivity index (χ0v) is 11.5. The summed E-state index contributed by atoms with van der Waals surface area (Å²) in [4.78, 5) is 23.0. The van der Waals surface area contributed by atoms with Crippen molar-refractivity contribution >= 4 is 27.4 Å². The topological polar surface area (TPSA) is 80.4 Å². The minimum atomic E-state index is -1.30. The molecule has 20 heavy (non-hydrogen) atoms. The van der Waals surface area contributed by atoms with Crippen LogP contribution >= 0.6 is 11.3 Å². The lowest BCUT2D eigenvalue weighted by atomic mass is 9.97. The molecule has 1 heterocycles. The second kappa shape index (κ2) is 4.10. The maximum Gasteiger partial charge on any atom is 0.340 e. The number of aryl methyl sites for hydroxylation is 1. The largest absolute Gasteiger partial charge is 0.478 e. The van der Waals surface area contributed by atoms with Crippen molar-refractivity contribution in [3.8, 4) is 0 Å². The summed E-state index contributed by atoms with van der Waals surface area (Å²) in [5.41, 5.74) is 5.54. The van der Waals surface area contributed by atoms with Crippen LogP contribution in [0, 0.1) is 12.7 Å². The van der Waals surface area contributed by atoms with Crippen molar-refractivity contribution in [1.29, 1.82) is 0 Å². The highest BCUT2D eigenvalue weighted by atomic mass is 32.1. The van der Waals surface area contributed by atoms with Gasteiger partial charge in [0, 0.05) is 26.6 Å². The van der Waals surface area contributed by atoms with Gasteiger partial charge in [-0.3, -0.25) is 4.79 Å². The van der Waals surface area contributed by atoms with Gasteiger partial charge in [-0.15, -0.1) is 11.3 Å². The second-order valence-electron chi connectivity index (χ2n) is 5.17. The number of benzene rings is 1. The first kappa shape index (κ1) is 13.2. The predicted octanol–water partition coefficient (Wildman–Crippen LogP) is 2.36. The SMILES string of the molecule is Cc1c(C2(N)CC2)c(F)cc2c(=O)c(C(=O)O)csc12. The first-order chi connectivity index (χ1) is 9.35. The second-order valence-corrected chi connectivity index (χ2v) is 6.05. The van der Waals surface area contributed by atoms with Crippen molar-refractivity contribution in [2.75, 3.05) is 0 Å². The Morgan fingerprint density at radius 1 is 1.50 bits per heavy atom. The van der Waals surface area contributed by atoms with Gasteiger partial charge in [-0.05, 0) is 31.4 Å². The van der Waals surface area contributed by atoms with Gasteiger partial charge < -0.3 is 10.8 Å². The smallest absolute Gasteiger partial charge is 0.340 e. The summed E-state index contributed by atoms with van der Waals surface area (Å²) in [5, 5.41) is 10.4. The molecule has 104 valence electrons. The van der Waals surface area contributed by atoms with Crippen molar-refractivity contribution in [3.63, 3.8) is 0 Å². The molecule has 1 aliphatic carbocycles. The fraction of sp³-hybridized carbons (Fsp3) is 0.286. The molecule has 6 heteroatoms. The van der Waals surface area contributed by atoms with E-state index < -0.39 is 22.8 Å². The van der Waals surface area contributed by atoms with Gasteiger partial charge in [-0.2, -0.15) is 0 Å². The van der Waals surface area contributed by atoms with E-state index in [1.165, 1.54) is 5.38 Å². The molecule has 1 aliphatic rings. The quantitative estimate of drug-likeness (QED) is 0.890. The molecule has 0 spiro atoms. The Kier molecular flexibility index (Phi) is 2.71. The monoisotopic (exact) mass is 293 g/mol. The van der Waals surface area contributed by atoms with Crippen molar-refractivity contribution < 1.29 is 14.3 Å². The lowest BCUT2D eigenvalue weighted by molar-refractivity contribution is 0.0696. The maximum atomic E-state index is 14.3. The number of halogens is 1. The molecule has 1 aromatic heterocycles. The number of carboxylic acid groups (broad SMARTS) is 1. The Bertz CT molecular complexity index is 808. The first-order valence-corrected chi connectivity index (χ1v) is 7.00. The minimum absolute atomic E-state index is 0.109. The van der Waals surface area contributed by atoms with Crippen LogP contribution in [0.25, 0.3) is 10.1 Å². The molecule has 0 unspecified atom stereocenters. The lowest BCUT2D eigenvalue weighted by Crippen LogP contribution is -2.23. The van der Waals surface area contributed by atoms with E-state index in [0.29, 0.717) is 15.8 Å². The van der Waals surface area contributed by atoms with Gasteiger partial charge in [0.05, 0.1) is 0 Å². The number of hydrogen-bond acceptors (Lipinski definition) is 4. The van der Waals surface area contributed by atoms with Gasteiger partial charge in [0.25, 0.3) is 0 Å². The van der Waals surface area contributed by atoms with Crippen LogP contribution in [0.3, 0.4) is 0 Å². The van der Waals surface area contributed by atoms with Crippen LogP contribution in [0.4, 0.5) is 4.39 Å². The number of carbonyl (C=O) groups is 1. The van der Waals surface area contributed by atoms with Crippen LogP contribution in [0.5, 0.6) is 0 Å². The normalized spacial score (nSPS) is 16.4. The minimum Gasteiger partial charge on any atom is -0.478 e. The van der Waals surface area contributed by atoms with Crippen LogP contribution in [-0.2, 0) is 5.54 Å². The van der Waals surface area contributed by atoms with Crippen molar-refractivity contribution in [2.45, 2.75) is 25.3 Å². The number of rotatable bonds is 2. The van der Waals surface area contributed by atoms with Crippen molar-refractivity contribution in [1.82, 2.24) is 0 Å². The van der Waals surface area contributed by atoms with E-state index in [-0.39, 0.29) is 10.9 Å².